The van der Waals surface area contributed by atoms with Gasteiger partial charge < -0.3 is 4.57 Å². The molecule has 3 rings (SSSR count). The minimum absolute atomic E-state index is 0.176. The van der Waals surface area contributed by atoms with Crippen LogP contribution in [0.4, 0.5) is 0 Å². The second-order valence-corrected chi connectivity index (χ2v) is 5.13. The van der Waals surface area contributed by atoms with E-state index in [1.807, 2.05) is 17.5 Å². The highest BCUT2D eigenvalue weighted by Crippen LogP contribution is 2.41. The van der Waals surface area contributed by atoms with Crippen molar-refractivity contribution in [3.05, 3.63) is 33.8 Å². The van der Waals surface area contributed by atoms with Gasteiger partial charge in [-0.2, -0.15) is 10.5 Å². The molecular weight excluding hydrogens is 246 g/mol. The van der Waals surface area contributed by atoms with E-state index >= 15 is 0 Å². The van der Waals surface area contributed by atoms with E-state index < -0.39 is 0 Å². The molecule has 1 aliphatic rings. The molecule has 2 heterocycles. The number of thiazole rings is 1. The van der Waals surface area contributed by atoms with Gasteiger partial charge in [-0.25, -0.2) is 9.97 Å². The topological polar surface area (TPSA) is 78.3 Å². The third-order valence-corrected chi connectivity index (χ3v) is 3.93. The molecule has 0 unspecified atom stereocenters. The smallest absolute Gasteiger partial charge is 0.176 e. The zero-order valence-corrected chi connectivity index (χ0v) is 10.3. The van der Waals surface area contributed by atoms with E-state index in [4.69, 9.17) is 10.5 Å². The van der Waals surface area contributed by atoms with Crippen LogP contribution in [-0.4, -0.2) is 14.5 Å². The Morgan fingerprint density at radius 3 is 2.89 bits per heavy atom. The highest BCUT2D eigenvalue weighted by molar-refractivity contribution is 7.09. The van der Waals surface area contributed by atoms with Crippen molar-refractivity contribution in [3.63, 3.8) is 0 Å². The number of nitriles is 2. The predicted molar refractivity (Wildman–Crippen MR) is 64.8 cm³/mol. The van der Waals surface area contributed by atoms with Crippen molar-refractivity contribution in [3.8, 4) is 12.1 Å². The summed E-state index contributed by atoms with van der Waals surface area (Å²) in [6, 6.07) is 3.92. The molecule has 0 atom stereocenters. The molecule has 6 heteroatoms. The SMILES string of the molecule is N#Cc1ncn(Cc2csc(C3CC3)n2)c1C#N. The van der Waals surface area contributed by atoms with Crippen LogP contribution in [0.15, 0.2) is 11.7 Å². The lowest BCUT2D eigenvalue weighted by atomic mass is 10.3. The van der Waals surface area contributed by atoms with Crippen molar-refractivity contribution < 1.29 is 0 Å². The highest BCUT2D eigenvalue weighted by Gasteiger charge is 2.26. The van der Waals surface area contributed by atoms with Crippen LogP contribution >= 0.6 is 11.3 Å². The van der Waals surface area contributed by atoms with Gasteiger partial charge >= 0.3 is 0 Å². The molecule has 5 nitrogen and oxygen atoms in total. The monoisotopic (exact) mass is 255 g/mol. The van der Waals surface area contributed by atoms with Crippen LogP contribution in [-0.2, 0) is 6.54 Å². The summed E-state index contributed by atoms with van der Waals surface area (Å²) in [6.45, 7) is 0.501. The molecule has 0 radical (unpaired) electrons. The van der Waals surface area contributed by atoms with E-state index in [0.717, 1.165) is 5.69 Å². The standard InChI is InChI=1S/C12H9N5S/c13-3-10-11(4-14)17(7-15-10)5-9-6-18-12(16-9)8-1-2-8/h6-8H,1-2,5H2. The first-order chi connectivity index (χ1) is 8.81. The molecule has 0 aliphatic heterocycles. The summed E-state index contributed by atoms with van der Waals surface area (Å²) in [5, 5.41) is 21.0. The lowest BCUT2D eigenvalue weighted by Gasteiger charge is -1.99. The van der Waals surface area contributed by atoms with Crippen molar-refractivity contribution >= 4 is 11.3 Å². The average molecular weight is 255 g/mol. The summed E-state index contributed by atoms with van der Waals surface area (Å²) < 4.78 is 1.67. The highest BCUT2D eigenvalue weighted by atomic mass is 32.1. The fourth-order valence-electron chi connectivity index (χ4n) is 1.79. The molecule has 1 saturated carbocycles. The number of aromatic nitrogens is 3. The average Bonchev–Trinajstić information content (AvgIpc) is 3.01. The zero-order chi connectivity index (χ0) is 12.5. The van der Waals surface area contributed by atoms with Crippen LogP contribution in [0.2, 0.25) is 0 Å². The van der Waals surface area contributed by atoms with Crippen LogP contribution < -0.4 is 0 Å². The maximum absolute atomic E-state index is 9.02. The van der Waals surface area contributed by atoms with Gasteiger partial charge in [0.15, 0.2) is 11.4 Å². The van der Waals surface area contributed by atoms with Gasteiger partial charge in [0.25, 0.3) is 0 Å². The first kappa shape index (κ1) is 10.9. The Kier molecular flexibility index (Phi) is 2.58. The molecule has 0 aromatic carbocycles. The molecule has 18 heavy (non-hydrogen) atoms. The zero-order valence-electron chi connectivity index (χ0n) is 9.50. The van der Waals surface area contributed by atoms with Gasteiger partial charge in [-0.05, 0) is 12.8 Å². The van der Waals surface area contributed by atoms with E-state index in [9.17, 15) is 0 Å². The second kappa shape index (κ2) is 4.25. The molecule has 2 aromatic heterocycles. The molecule has 1 fully saturated rings. The van der Waals surface area contributed by atoms with E-state index in [1.54, 1.807) is 15.9 Å². The normalized spacial score (nSPS) is 14.1. The van der Waals surface area contributed by atoms with Crippen LogP contribution in [0.5, 0.6) is 0 Å². The molecule has 2 aromatic rings. The van der Waals surface area contributed by atoms with Gasteiger partial charge in [0.2, 0.25) is 0 Å². The van der Waals surface area contributed by atoms with Gasteiger partial charge in [-0.1, -0.05) is 0 Å². The quantitative estimate of drug-likeness (QED) is 0.840. The summed E-state index contributed by atoms with van der Waals surface area (Å²) in [6.07, 6.45) is 3.99. The maximum atomic E-state index is 9.02. The van der Waals surface area contributed by atoms with Crippen molar-refractivity contribution in [2.75, 3.05) is 0 Å². The second-order valence-electron chi connectivity index (χ2n) is 4.24. The molecular formula is C12H9N5S. The molecule has 1 aliphatic carbocycles. The molecule has 0 bridgehead atoms. The summed E-state index contributed by atoms with van der Waals surface area (Å²) in [5.74, 6) is 0.650. The Labute approximate surface area is 108 Å². The number of hydrogen-bond acceptors (Lipinski definition) is 5. The minimum Gasteiger partial charge on any atom is -0.315 e. The van der Waals surface area contributed by atoms with Crippen molar-refractivity contribution in [1.82, 2.24) is 14.5 Å². The Bertz CT molecular complexity index is 665. The lowest BCUT2D eigenvalue weighted by Crippen LogP contribution is -2.02. The molecule has 0 N–H and O–H groups in total. The number of rotatable bonds is 3. The molecule has 0 spiro atoms. The summed E-state index contributed by atoms with van der Waals surface area (Å²) in [4.78, 5) is 8.47. The first-order valence-electron chi connectivity index (χ1n) is 5.61. The van der Waals surface area contributed by atoms with Gasteiger partial charge in [0.1, 0.15) is 12.1 Å². The molecule has 0 amide bonds. The van der Waals surface area contributed by atoms with E-state index in [1.165, 1.54) is 24.2 Å². The summed E-state index contributed by atoms with van der Waals surface area (Å²) in [7, 11) is 0. The van der Waals surface area contributed by atoms with Crippen LogP contribution in [0.25, 0.3) is 0 Å². The van der Waals surface area contributed by atoms with Gasteiger partial charge in [-0.3, -0.25) is 0 Å². The Balaban J connectivity index is 1.85. The van der Waals surface area contributed by atoms with E-state index in [2.05, 4.69) is 9.97 Å². The van der Waals surface area contributed by atoms with Gasteiger partial charge in [-0.15, -0.1) is 11.3 Å². The lowest BCUT2D eigenvalue weighted by molar-refractivity contribution is 0.763. The number of nitrogens with zero attached hydrogens (tertiary/aromatic N) is 5. The summed E-state index contributed by atoms with van der Waals surface area (Å²) >= 11 is 1.67. The van der Waals surface area contributed by atoms with E-state index in [-0.39, 0.29) is 5.69 Å². The Morgan fingerprint density at radius 1 is 1.39 bits per heavy atom. The van der Waals surface area contributed by atoms with Crippen LogP contribution in [0.3, 0.4) is 0 Å². The third kappa shape index (κ3) is 1.87. The van der Waals surface area contributed by atoms with Crippen molar-refractivity contribution in [2.45, 2.75) is 25.3 Å². The Morgan fingerprint density at radius 2 is 2.22 bits per heavy atom. The number of imidazole rings is 1. The van der Waals surface area contributed by atoms with Gasteiger partial charge in [0, 0.05) is 11.3 Å². The van der Waals surface area contributed by atoms with Crippen LogP contribution in [0, 0.1) is 22.7 Å². The largest absolute Gasteiger partial charge is 0.315 e. The Hall–Kier alpha value is -2.18. The van der Waals surface area contributed by atoms with Crippen molar-refractivity contribution in [1.29, 1.82) is 10.5 Å². The van der Waals surface area contributed by atoms with Crippen molar-refractivity contribution in [2.24, 2.45) is 0 Å². The van der Waals surface area contributed by atoms with Crippen LogP contribution in [0.1, 0.15) is 40.8 Å². The van der Waals surface area contributed by atoms with E-state index in [0.29, 0.717) is 18.2 Å². The van der Waals surface area contributed by atoms with Gasteiger partial charge in [0.05, 0.1) is 23.6 Å². The first-order valence-corrected chi connectivity index (χ1v) is 6.49. The predicted octanol–water partition coefficient (Wildman–Crippen LogP) is 2.01. The number of hydrogen-bond donors (Lipinski definition) is 0. The maximum Gasteiger partial charge on any atom is 0.176 e. The fourth-order valence-corrected chi connectivity index (χ4v) is 2.77. The summed E-state index contributed by atoms with van der Waals surface area (Å²) in [5.41, 5.74) is 1.41. The fraction of sp³-hybridized carbons (Fsp3) is 0.333. The molecule has 88 valence electrons. The minimum atomic E-state index is 0.176. The molecule has 0 saturated heterocycles. The third-order valence-electron chi connectivity index (χ3n) is 2.88.